The second-order valence-electron chi connectivity index (χ2n) is 14.8. The zero-order chi connectivity index (χ0) is 38.4. The zero-order valence-electron chi connectivity index (χ0n) is 31.5. The van der Waals surface area contributed by atoms with E-state index in [0.717, 1.165) is 65.7 Å². The number of nitrogens with zero attached hydrogens (tertiary/aromatic N) is 3. The highest BCUT2D eigenvalue weighted by atomic mass is 15.0. The number of benzene rings is 10. The number of rotatable bonds is 6. The lowest BCUT2D eigenvalue weighted by atomic mass is 9.93. The maximum absolute atomic E-state index is 5.40. The quantitative estimate of drug-likeness (QED) is 0.171. The van der Waals surface area contributed by atoms with Crippen molar-refractivity contribution in [2.24, 2.45) is 0 Å². The molecule has 0 fully saturated rings. The van der Waals surface area contributed by atoms with Crippen molar-refractivity contribution in [3.63, 3.8) is 0 Å². The van der Waals surface area contributed by atoms with E-state index in [1.165, 1.54) is 27.5 Å². The standard InChI is InChI=1S/C55H35N3/c1-3-13-36(14-4-1)43-26-25-40-20-12-24-50(51(40)35-43)54-56-53(57-55(58-54)52-48-22-10-8-18-39(48)31-32-49(52)38-15-5-2-6-16-38)45-30-28-41-33-44(29-27-42(41)34-45)47-23-11-19-37-17-7-9-21-46(37)47/h1-35H. The van der Waals surface area contributed by atoms with Gasteiger partial charge in [-0.3, -0.25) is 0 Å². The maximum atomic E-state index is 5.40. The minimum absolute atomic E-state index is 0.628. The van der Waals surface area contributed by atoms with Gasteiger partial charge in [0.15, 0.2) is 17.5 Å². The van der Waals surface area contributed by atoms with Crippen molar-refractivity contribution >= 4 is 43.1 Å². The highest BCUT2D eigenvalue weighted by Gasteiger charge is 2.20. The van der Waals surface area contributed by atoms with E-state index in [1.807, 2.05) is 0 Å². The fourth-order valence-electron chi connectivity index (χ4n) is 8.42. The summed E-state index contributed by atoms with van der Waals surface area (Å²) in [6.45, 7) is 0. The molecule has 0 bridgehead atoms. The van der Waals surface area contributed by atoms with Crippen LogP contribution >= 0.6 is 0 Å². The van der Waals surface area contributed by atoms with E-state index in [0.29, 0.717) is 17.5 Å². The summed E-state index contributed by atoms with van der Waals surface area (Å²) in [5.41, 5.74) is 9.79. The largest absolute Gasteiger partial charge is 0.208 e. The topological polar surface area (TPSA) is 38.7 Å². The molecule has 58 heavy (non-hydrogen) atoms. The Labute approximate surface area is 336 Å². The molecule has 0 spiro atoms. The number of hydrogen-bond donors (Lipinski definition) is 0. The lowest BCUT2D eigenvalue weighted by Gasteiger charge is -2.16. The zero-order valence-corrected chi connectivity index (χ0v) is 31.5. The molecule has 0 amide bonds. The third-order valence-corrected chi connectivity index (χ3v) is 11.3. The molecule has 3 heteroatoms. The van der Waals surface area contributed by atoms with Crippen molar-refractivity contribution in [2.75, 3.05) is 0 Å². The molecular formula is C55H35N3. The van der Waals surface area contributed by atoms with Crippen molar-refractivity contribution < 1.29 is 0 Å². The van der Waals surface area contributed by atoms with Crippen molar-refractivity contribution in [2.45, 2.75) is 0 Å². The van der Waals surface area contributed by atoms with Crippen molar-refractivity contribution in [1.82, 2.24) is 15.0 Å². The molecule has 1 heterocycles. The summed E-state index contributed by atoms with van der Waals surface area (Å²) in [6, 6.07) is 75.3. The molecule has 0 aliphatic rings. The van der Waals surface area contributed by atoms with Gasteiger partial charge in [0.25, 0.3) is 0 Å². The molecule has 11 aromatic rings. The Morgan fingerprint density at radius 2 is 0.741 bits per heavy atom. The monoisotopic (exact) mass is 737 g/mol. The summed E-state index contributed by atoms with van der Waals surface area (Å²) >= 11 is 0. The molecule has 0 N–H and O–H groups in total. The van der Waals surface area contributed by atoms with Crippen LogP contribution in [0, 0.1) is 0 Å². The van der Waals surface area contributed by atoms with Gasteiger partial charge in [-0.2, -0.15) is 0 Å². The first-order valence-electron chi connectivity index (χ1n) is 19.7. The van der Waals surface area contributed by atoms with E-state index < -0.39 is 0 Å². The van der Waals surface area contributed by atoms with E-state index >= 15 is 0 Å². The lowest BCUT2D eigenvalue weighted by molar-refractivity contribution is 1.08. The minimum Gasteiger partial charge on any atom is -0.208 e. The Kier molecular flexibility index (Phi) is 8.15. The molecule has 10 aromatic carbocycles. The molecule has 1 aromatic heterocycles. The molecular weight excluding hydrogens is 703 g/mol. The Balaban J connectivity index is 1.13. The smallest absolute Gasteiger partial charge is 0.165 e. The van der Waals surface area contributed by atoms with Crippen LogP contribution in [-0.2, 0) is 0 Å². The van der Waals surface area contributed by atoms with E-state index in [-0.39, 0.29) is 0 Å². The van der Waals surface area contributed by atoms with Gasteiger partial charge in [0, 0.05) is 16.7 Å². The van der Waals surface area contributed by atoms with Crippen LogP contribution < -0.4 is 0 Å². The van der Waals surface area contributed by atoms with Crippen LogP contribution in [0.25, 0.3) is 111 Å². The highest BCUT2D eigenvalue weighted by Crippen LogP contribution is 2.40. The van der Waals surface area contributed by atoms with Crippen LogP contribution in [0.15, 0.2) is 212 Å². The highest BCUT2D eigenvalue weighted by molar-refractivity contribution is 6.04. The van der Waals surface area contributed by atoms with Crippen LogP contribution in [-0.4, -0.2) is 15.0 Å². The molecule has 0 aliphatic heterocycles. The van der Waals surface area contributed by atoms with Crippen LogP contribution in [0.5, 0.6) is 0 Å². The van der Waals surface area contributed by atoms with Gasteiger partial charge < -0.3 is 0 Å². The van der Waals surface area contributed by atoms with Gasteiger partial charge in [0.1, 0.15) is 0 Å². The number of hydrogen-bond acceptors (Lipinski definition) is 3. The summed E-state index contributed by atoms with van der Waals surface area (Å²) in [5.74, 6) is 1.90. The van der Waals surface area contributed by atoms with E-state index in [4.69, 9.17) is 15.0 Å². The third kappa shape index (κ3) is 5.98. The molecule has 0 unspecified atom stereocenters. The summed E-state index contributed by atoms with van der Waals surface area (Å²) in [4.78, 5) is 16.1. The minimum atomic E-state index is 0.628. The lowest BCUT2D eigenvalue weighted by Crippen LogP contribution is -2.02. The maximum Gasteiger partial charge on any atom is 0.165 e. The van der Waals surface area contributed by atoms with E-state index in [2.05, 4.69) is 212 Å². The van der Waals surface area contributed by atoms with Crippen LogP contribution in [0.4, 0.5) is 0 Å². The first kappa shape index (κ1) is 33.6. The first-order chi connectivity index (χ1) is 28.7. The fraction of sp³-hybridized carbons (Fsp3) is 0. The van der Waals surface area contributed by atoms with Gasteiger partial charge >= 0.3 is 0 Å². The Hall–Kier alpha value is -7.75. The summed E-state index contributed by atoms with van der Waals surface area (Å²) < 4.78 is 0. The average Bonchev–Trinajstić information content (AvgIpc) is 3.30. The second kappa shape index (κ2) is 14.1. The van der Waals surface area contributed by atoms with Crippen LogP contribution in [0.1, 0.15) is 0 Å². The van der Waals surface area contributed by atoms with E-state index in [1.54, 1.807) is 0 Å². The van der Waals surface area contributed by atoms with Gasteiger partial charge in [-0.15, -0.1) is 0 Å². The molecule has 0 saturated carbocycles. The van der Waals surface area contributed by atoms with Gasteiger partial charge in [0.05, 0.1) is 0 Å². The van der Waals surface area contributed by atoms with Crippen molar-refractivity contribution in [3.8, 4) is 67.5 Å². The average molecular weight is 738 g/mol. The normalized spacial score (nSPS) is 11.4. The van der Waals surface area contributed by atoms with Crippen LogP contribution in [0.2, 0.25) is 0 Å². The molecule has 0 radical (unpaired) electrons. The molecule has 0 aliphatic carbocycles. The molecule has 0 saturated heterocycles. The van der Waals surface area contributed by atoms with Crippen molar-refractivity contribution in [3.05, 3.63) is 212 Å². The fourth-order valence-corrected chi connectivity index (χ4v) is 8.42. The number of aromatic nitrogens is 3. The number of fused-ring (bicyclic) bond motifs is 4. The molecule has 270 valence electrons. The first-order valence-corrected chi connectivity index (χ1v) is 19.7. The Morgan fingerprint density at radius 1 is 0.224 bits per heavy atom. The van der Waals surface area contributed by atoms with Crippen LogP contribution in [0.3, 0.4) is 0 Å². The van der Waals surface area contributed by atoms with Gasteiger partial charge in [-0.1, -0.05) is 194 Å². The van der Waals surface area contributed by atoms with Gasteiger partial charge in [-0.05, 0) is 94.7 Å². The Bertz CT molecular complexity index is 3330. The predicted molar refractivity (Wildman–Crippen MR) is 242 cm³/mol. The van der Waals surface area contributed by atoms with Crippen molar-refractivity contribution in [1.29, 1.82) is 0 Å². The summed E-state index contributed by atoms with van der Waals surface area (Å²) in [6.07, 6.45) is 0. The second-order valence-corrected chi connectivity index (χ2v) is 14.8. The predicted octanol–water partition coefficient (Wildman–Crippen LogP) is 14.5. The summed E-state index contributed by atoms with van der Waals surface area (Å²) in [5, 5.41) is 9.21. The van der Waals surface area contributed by atoms with Gasteiger partial charge in [-0.25, -0.2) is 15.0 Å². The molecule has 3 nitrogen and oxygen atoms in total. The Morgan fingerprint density at radius 3 is 1.52 bits per heavy atom. The molecule has 11 rings (SSSR count). The molecule has 0 atom stereocenters. The van der Waals surface area contributed by atoms with Gasteiger partial charge in [0.2, 0.25) is 0 Å². The van der Waals surface area contributed by atoms with E-state index in [9.17, 15) is 0 Å². The summed E-state index contributed by atoms with van der Waals surface area (Å²) in [7, 11) is 0. The SMILES string of the molecule is c1ccc(-c2ccc3cccc(-c4nc(-c5ccc6cc(-c7cccc8ccccc78)ccc6c5)nc(-c5c(-c6ccccc6)ccc6ccccc56)n4)c3c2)cc1. The third-order valence-electron chi connectivity index (χ3n) is 11.3.